The maximum Gasteiger partial charge on any atom is 0.305 e. The first-order valence-corrected chi connectivity index (χ1v) is 19.9. The van der Waals surface area contributed by atoms with Crippen molar-refractivity contribution >= 4 is 11.9 Å². The second kappa shape index (κ2) is 42.2. The lowest BCUT2D eigenvalue weighted by Gasteiger charge is -2.05. The maximum atomic E-state index is 11.7. The van der Waals surface area contributed by atoms with E-state index in [1.54, 1.807) is 0 Å². The van der Waals surface area contributed by atoms with Gasteiger partial charge in [-0.2, -0.15) is 0 Å². The van der Waals surface area contributed by atoms with E-state index in [-0.39, 0.29) is 19.4 Å². The minimum absolute atomic E-state index is 0. The Hall–Kier alpha value is -1.84. The average Bonchev–Trinajstić information content (AvgIpc) is 3.25. The molecule has 0 radical (unpaired) electrons. The van der Waals surface area contributed by atoms with Gasteiger partial charge in [-0.15, -0.1) is 6.58 Å². The summed E-state index contributed by atoms with van der Waals surface area (Å²) in [5.41, 5.74) is 0. The molecule has 1 rings (SSSR count). The van der Waals surface area contributed by atoms with Crippen molar-refractivity contribution in [1.82, 2.24) is 0 Å². The Bertz CT molecular complexity index is 727. The third kappa shape index (κ3) is 42.1. The Morgan fingerprint density at radius 1 is 0.723 bits per heavy atom. The van der Waals surface area contributed by atoms with Crippen molar-refractivity contribution in [1.29, 1.82) is 0 Å². The Labute approximate surface area is 309 Å². The SMILES string of the molecule is C.C=CCCCCCCOC(=O)CCCCCCC/C=C\CCCCCCCC.O=C1CCCCCCCC=CCCCCCCO1.[2H][2H].[2H][2H].[2H][2H].[2H][2H].[2H][2H]. The molecular formula is C43H90O4. The first kappa shape index (κ1) is 38.0. The van der Waals surface area contributed by atoms with Crippen molar-refractivity contribution in [2.45, 2.75) is 213 Å². The number of unbranched alkanes of at least 4 members (excludes halogenated alkanes) is 15. The molecule has 0 aromatic rings. The molecule has 0 saturated heterocycles. The number of ether oxygens (including phenoxy) is 2. The normalized spacial score (nSPS) is 16.0. The standard InChI is InChI=1S/C26H48O2.C16H28O2.CH4.5H2/c1-3-5-7-9-11-12-13-14-15-16-17-18-19-20-22-24-26(27)28-25-23-21-10-8-6-4-2;17-16-14-12-10-8-6-4-2-1-3-5-7-9-11-13-15-18-16;;;;;;/h4,14-15H,2-3,5-13,16-25H2,1H3;1,3H,2,4-15H2;1H4;5*1H/b15-14-;;;;;;;/i;;;5*1+1D. The first-order valence-electron chi connectivity index (χ1n) is 24.9. The summed E-state index contributed by atoms with van der Waals surface area (Å²) >= 11 is 0. The Balaban J connectivity index is -0.000000148. The van der Waals surface area contributed by atoms with Gasteiger partial charge in [0.2, 0.25) is 0 Å². The zero-order valence-corrected chi connectivity index (χ0v) is 30.6. The van der Waals surface area contributed by atoms with Gasteiger partial charge in [-0.05, 0) is 89.9 Å². The number of cyclic esters (lactones) is 1. The third-order valence-corrected chi connectivity index (χ3v) is 8.65. The van der Waals surface area contributed by atoms with Crippen molar-refractivity contribution in [2.75, 3.05) is 13.2 Å². The van der Waals surface area contributed by atoms with Crippen LogP contribution < -0.4 is 0 Å². The smallest absolute Gasteiger partial charge is 0.305 e. The van der Waals surface area contributed by atoms with Gasteiger partial charge in [-0.1, -0.05) is 141 Å². The lowest BCUT2D eigenvalue weighted by atomic mass is 10.1. The van der Waals surface area contributed by atoms with Gasteiger partial charge < -0.3 is 9.47 Å². The van der Waals surface area contributed by atoms with Crippen molar-refractivity contribution in [3.05, 3.63) is 37.0 Å². The quantitative estimate of drug-likeness (QED) is 0.0649. The monoisotopic (exact) mass is 681 g/mol. The number of esters is 2. The Kier molecular flexibility index (Phi) is 34.1. The lowest BCUT2D eigenvalue weighted by molar-refractivity contribution is -0.144. The molecule has 1 aliphatic rings. The molecule has 0 amide bonds. The fourth-order valence-electron chi connectivity index (χ4n) is 5.62. The van der Waals surface area contributed by atoms with E-state index in [1.165, 1.54) is 141 Å². The van der Waals surface area contributed by atoms with Crippen molar-refractivity contribution in [3.63, 3.8) is 0 Å². The van der Waals surface area contributed by atoms with Crippen LogP contribution in [0.2, 0.25) is 0 Å². The van der Waals surface area contributed by atoms with Crippen LogP contribution in [0.3, 0.4) is 0 Å². The summed E-state index contributed by atoms with van der Waals surface area (Å²) in [6.45, 7) is 7.21. The van der Waals surface area contributed by atoms with Gasteiger partial charge in [0.05, 0.1) is 13.2 Å². The molecule has 4 heteroatoms. The molecule has 0 aromatic carbocycles. The van der Waals surface area contributed by atoms with Crippen molar-refractivity contribution < 1.29 is 33.9 Å². The number of hydrogen-bond acceptors (Lipinski definition) is 4. The van der Waals surface area contributed by atoms with E-state index < -0.39 is 0 Å². The van der Waals surface area contributed by atoms with Crippen LogP contribution in [0.25, 0.3) is 0 Å². The van der Waals surface area contributed by atoms with Gasteiger partial charge in [0.25, 0.3) is 0 Å². The zero-order chi connectivity index (χ0) is 43.4. The van der Waals surface area contributed by atoms with Gasteiger partial charge in [0.1, 0.15) is 0 Å². The highest BCUT2D eigenvalue weighted by Gasteiger charge is 2.03. The lowest BCUT2D eigenvalue weighted by Crippen LogP contribution is -2.05. The molecule has 0 fully saturated rings. The van der Waals surface area contributed by atoms with Gasteiger partial charge in [-0.3, -0.25) is 9.59 Å². The fraction of sp³-hybridized carbons (Fsp3) is 0.814. The molecule has 1 aliphatic heterocycles. The third-order valence-electron chi connectivity index (χ3n) is 8.65. The van der Waals surface area contributed by atoms with E-state index in [1.807, 2.05) is 6.08 Å². The van der Waals surface area contributed by atoms with Crippen LogP contribution in [0.5, 0.6) is 0 Å². The van der Waals surface area contributed by atoms with Crippen LogP contribution in [0.1, 0.15) is 228 Å². The topological polar surface area (TPSA) is 52.6 Å². The van der Waals surface area contributed by atoms with Crippen LogP contribution in [-0.4, -0.2) is 25.2 Å². The molecule has 286 valence electrons. The number of carbonyl (C=O) groups excluding carboxylic acids is 2. The predicted octanol–water partition coefficient (Wildman–Crippen LogP) is 15.4. The van der Waals surface area contributed by atoms with Crippen LogP contribution in [0.4, 0.5) is 0 Å². The molecular weight excluding hydrogens is 580 g/mol. The summed E-state index contributed by atoms with van der Waals surface area (Å²) in [6.07, 6.45) is 48.1. The molecule has 1 heterocycles. The van der Waals surface area contributed by atoms with Crippen LogP contribution in [-0.2, 0) is 19.1 Å². The van der Waals surface area contributed by atoms with E-state index in [4.69, 9.17) is 24.3 Å². The second-order valence-electron chi connectivity index (χ2n) is 13.2. The zero-order valence-electron chi connectivity index (χ0n) is 40.6. The van der Waals surface area contributed by atoms with E-state index in [2.05, 4.69) is 37.8 Å². The Morgan fingerprint density at radius 2 is 1.23 bits per heavy atom. The largest absolute Gasteiger partial charge is 0.466 e. The van der Waals surface area contributed by atoms with E-state index in [0.717, 1.165) is 44.9 Å². The van der Waals surface area contributed by atoms with E-state index >= 15 is 0 Å². The summed E-state index contributed by atoms with van der Waals surface area (Å²) in [5, 5.41) is 0. The molecule has 0 atom stereocenters. The summed E-state index contributed by atoms with van der Waals surface area (Å²) < 4.78 is 60.5. The van der Waals surface area contributed by atoms with Gasteiger partial charge in [0.15, 0.2) is 0 Å². The highest BCUT2D eigenvalue weighted by atomic mass is 16.5. The number of hydrogen-bond donors (Lipinski definition) is 0. The Morgan fingerprint density at radius 3 is 1.87 bits per heavy atom. The van der Waals surface area contributed by atoms with Crippen LogP contribution in [0.15, 0.2) is 37.0 Å². The minimum Gasteiger partial charge on any atom is -0.466 e. The van der Waals surface area contributed by atoms with Crippen molar-refractivity contribution in [2.24, 2.45) is 0 Å². The molecule has 0 spiro atoms. The first-order chi connectivity index (χ1) is 27.7. The van der Waals surface area contributed by atoms with E-state index in [9.17, 15) is 9.59 Å². The summed E-state index contributed by atoms with van der Waals surface area (Å²) in [4.78, 5) is 23.1. The molecule has 0 aliphatic carbocycles. The number of carbonyl (C=O) groups is 2. The molecule has 4 nitrogen and oxygen atoms in total. The van der Waals surface area contributed by atoms with Gasteiger partial charge in [0, 0.05) is 27.7 Å². The number of rotatable bonds is 22. The van der Waals surface area contributed by atoms with Crippen LogP contribution >= 0.6 is 0 Å². The summed E-state index contributed by atoms with van der Waals surface area (Å²) in [7, 11) is 0. The summed E-state index contributed by atoms with van der Waals surface area (Å²) in [5.74, 6) is -0.00954. The second-order valence-corrected chi connectivity index (χ2v) is 13.2. The van der Waals surface area contributed by atoms with Crippen LogP contribution in [0, 0.1) is 0 Å². The molecule has 0 unspecified atom stereocenters. The van der Waals surface area contributed by atoms with Gasteiger partial charge >= 0.3 is 11.9 Å². The molecule has 0 saturated carbocycles. The highest BCUT2D eigenvalue weighted by Crippen LogP contribution is 2.12. The van der Waals surface area contributed by atoms with Crippen molar-refractivity contribution in [3.8, 4) is 0 Å². The molecule has 0 bridgehead atoms. The highest BCUT2D eigenvalue weighted by molar-refractivity contribution is 5.69. The number of allylic oxidation sites excluding steroid dienone is 5. The van der Waals surface area contributed by atoms with E-state index in [0.29, 0.717) is 26.1 Å². The molecule has 47 heavy (non-hydrogen) atoms. The molecule has 0 N–H and O–H groups in total. The predicted molar refractivity (Wildman–Crippen MR) is 216 cm³/mol. The fourth-order valence-corrected chi connectivity index (χ4v) is 5.62. The van der Waals surface area contributed by atoms with Gasteiger partial charge in [-0.25, -0.2) is 0 Å². The summed E-state index contributed by atoms with van der Waals surface area (Å²) in [6, 6.07) is 0. The molecule has 0 aromatic heterocycles. The maximum absolute atomic E-state index is 11.7. The average molecular weight is 681 g/mol. The minimum atomic E-state index is -0.0104.